The van der Waals surface area contributed by atoms with Gasteiger partial charge in [0.05, 0.1) is 12.8 Å². The molecule has 0 saturated carbocycles. The van der Waals surface area contributed by atoms with Crippen LogP contribution in [0.15, 0.2) is 36.7 Å². The third-order valence-corrected chi connectivity index (χ3v) is 2.15. The zero-order chi connectivity index (χ0) is 9.97. The number of hydrogen-bond donors (Lipinski definition) is 1. The number of benzene rings is 1. The SMILES string of the molecule is Cn1cc(-c2cccc(CO)c2)cn1. The van der Waals surface area contributed by atoms with Crippen LogP contribution in [-0.4, -0.2) is 14.9 Å². The number of aliphatic hydroxyl groups is 1. The lowest BCUT2D eigenvalue weighted by molar-refractivity contribution is 0.282. The Balaban J connectivity index is 2.41. The molecule has 14 heavy (non-hydrogen) atoms. The maximum absolute atomic E-state index is 8.99. The van der Waals surface area contributed by atoms with Gasteiger partial charge in [-0.3, -0.25) is 4.68 Å². The van der Waals surface area contributed by atoms with Crippen molar-refractivity contribution in [1.82, 2.24) is 9.78 Å². The van der Waals surface area contributed by atoms with Gasteiger partial charge in [-0.25, -0.2) is 0 Å². The van der Waals surface area contributed by atoms with Crippen molar-refractivity contribution in [3.8, 4) is 11.1 Å². The number of aliphatic hydroxyl groups excluding tert-OH is 1. The van der Waals surface area contributed by atoms with E-state index in [4.69, 9.17) is 5.11 Å². The smallest absolute Gasteiger partial charge is 0.0682 e. The fourth-order valence-corrected chi connectivity index (χ4v) is 1.42. The van der Waals surface area contributed by atoms with Crippen molar-refractivity contribution in [3.63, 3.8) is 0 Å². The minimum Gasteiger partial charge on any atom is -0.392 e. The number of rotatable bonds is 2. The first-order valence-corrected chi connectivity index (χ1v) is 4.48. The number of aryl methyl sites for hydroxylation is 1. The molecule has 3 heteroatoms. The monoisotopic (exact) mass is 188 g/mol. The Kier molecular flexibility index (Phi) is 2.33. The standard InChI is InChI=1S/C11H12N2O/c1-13-7-11(6-12-13)10-4-2-3-9(5-10)8-14/h2-7,14H,8H2,1H3. The molecule has 2 rings (SSSR count). The third-order valence-electron chi connectivity index (χ3n) is 2.15. The molecule has 2 aromatic rings. The molecule has 72 valence electrons. The van der Waals surface area contributed by atoms with Gasteiger partial charge in [0.1, 0.15) is 0 Å². The quantitative estimate of drug-likeness (QED) is 0.777. The number of nitrogens with zero attached hydrogens (tertiary/aromatic N) is 2. The second kappa shape index (κ2) is 3.64. The van der Waals surface area contributed by atoms with E-state index in [1.54, 1.807) is 4.68 Å². The fourth-order valence-electron chi connectivity index (χ4n) is 1.42. The first-order chi connectivity index (χ1) is 6.79. The predicted molar refractivity (Wildman–Crippen MR) is 54.6 cm³/mol. The highest BCUT2D eigenvalue weighted by Crippen LogP contribution is 2.19. The van der Waals surface area contributed by atoms with E-state index in [2.05, 4.69) is 5.10 Å². The lowest BCUT2D eigenvalue weighted by Crippen LogP contribution is -1.85. The molecule has 1 N–H and O–H groups in total. The molecule has 0 aliphatic rings. The summed E-state index contributed by atoms with van der Waals surface area (Å²) in [4.78, 5) is 0. The zero-order valence-electron chi connectivity index (χ0n) is 8.01. The molecule has 0 unspecified atom stereocenters. The average Bonchev–Trinajstić information content (AvgIpc) is 2.65. The van der Waals surface area contributed by atoms with Crippen LogP contribution in [-0.2, 0) is 13.7 Å². The Morgan fingerprint density at radius 1 is 1.36 bits per heavy atom. The van der Waals surface area contributed by atoms with Crippen molar-refractivity contribution in [3.05, 3.63) is 42.2 Å². The van der Waals surface area contributed by atoms with Gasteiger partial charge in [0, 0.05) is 18.8 Å². The van der Waals surface area contributed by atoms with E-state index in [0.29, 0.717) is 0 Å². The minimum atomic E-state index is 0.0775. The molecule has 1 heterocycles. The Hall–Kier alpha value is -1.61. The summed E-state index contributed by atoms with van der Waals surface area (Å²) >= 11 is 0. The Morgan fingerprint density at radius 2 is 2.21 bits per heavy atom. The summed E-state index contributed by atoms with van der Waals surface area (Å²) in [7, 11) is 1.89. The van der Waals surface area contributed by atoms with Crippen LogP contribution in [0.5, 0.6) is 0 Å². The molecular weight excluding hydrogens is 176 g/mol. The summed E-state index contributed by atoms with van der Waals surface area (Å²) < 4.78 is 1.76. The summed E-state index contributed by atoms with van der Waals surface area (Å²) in [5.41, 5.74) is 3.08. The van der Waals surface area contributed by atoms with Crippen molar-refractivity contribution in [2.45, 2.75) is 6.61 Å². The Morgan fingerprint density at radius 3 is 2.86 bits per heavy atom. The van der Waals surface area contributed by atoms with Crippen molar-refractivity contribution < 1.29 is 5.11 Å². The van der Waals surface area contributed by atoms with Crippen LogP contribution in [0.4, 0.5) is 0 Å². The van der Waals surface area contributed by atoms with Crippen LogP contribution in [0.1, 0.15) is 5.56 Å². The molecule has 3 nitrogen and oxygen atoms in total. The second-order valence-corrected chi connectivity index (χ2v) is 3.26. The van der Waals surface area contributed by atoms with Crippen LogP contribution >= 0.6 is 0 Å². The van der Waals surface area contributed by atoms with E-state index >= 15 is 0 Å². The van der Waals surface area contributed by atoms with E-state index in [1.807, 2.05) is 43.7 Å². The van der Waals surface area contributed by atoms with Gasteiger partial charge in [0.15, 0.2) is 0 Å². The Bertz CT molecular complexity index is 434. The molecule has 0 radical (unpaired) electrons. The van der Waals surface area contributed by atoms with E-state index < -0.39 is 0 Å². The maximum Gasteiger partial charge on any atom is 0.0682 e. The summed E-state index contributed by atoms with van der Waals surface area (Å²) in [6, 6.07) is 7.82. The van der Waals surface area contributed by atoms with Crippen molar-refractivity contribution in [2.75, 3.05) is 0 Å². The number of aromatic nitrogens is 2. The highest BCUT2D eigenvalue weighted by Gasteiger charge is 2.00. The fraction of sp³-hybridized carbons (Fsp3) is 0.182. The van der Waals surface area contributed by atoms with E-state index in [-0.39, 0.29) is 6.61 Å². The highest BCUT2D eigenvalue weighted by molar-refractivity contribution is 5.62. The largest absolute Gasteiger partial charge is 0.392 e. The van der Waals surface area contributed by atoms with Gasteiger partial charge in [-0.15, -0.1) is 0 Å². The molecule has 0 amide bonds. The molecule has 0 saturated heterocycles. The van der Waals surface area contributed by atoms with Crippen LogP contribution in [0.2, 0.25) is 0 Å². The molecule has 1 aromatic carbocycles. The molecule has 0 atom stereocenters. The van der Waals surface area contributed by atoms with Gasteiger partial charge in [0.2, 0.25) is 0 Å². The van der Waals surface area contributed by atoms with Crippen molar-refractivity contribution in [1.29, 1.82) is 0 Å². The third kappa shape index (κ3) is 1.67. The van der Waals surface area contributed by atoms with Gasteiger partial charge in [-0.2, -0.15) is 5.10 Å². The molecule has 0 aliphatic heterocycles. The van der Waals surface area contributed by atoms with E-state index in [9.17, 15) is 0 Å². The second-order valence-electron chi connectivity index (χ2n) is 3.26. The molecule has 0 aliphatic carbocycles. The predicted octanol–water partition coefficient (Wildman–Crippen LogP) is 1.58. The van der Waals surface area contributed by atoms with E-state index in [0.717, 1.165) is 16.7 Å². The molecule has 0 spiro atoms. The maximum atomic E-state index is 8.99. The van der Waals surface area contributed by atoms with Crippen LogP contribution in [0, 0.1) is 0 Å². The van der Waals surface area contributed by atoms with Gasteiger partial charge in [-0.1, -0.05) is 18.2 Å². The topological polar surface area (TPSA) is 38.0 Å². The van der Waals surface area contributed by atoms with Crippen LogP contribution in [0.25, 0.3) is 11.1 Å². The summed E-state index contributed by atoms with van der Waals surface area (Å²) in [5, 5.41) is 13.1. The molecular formula is C11H12N2O. The van der Waals surface area contributed by atoms with Gasteiger partial charge in [0.25, 0.3) is 0 Å². The lowest BCUT2D eigenvalue weighted by atomic mass is 10.1. The summed E-state index contributed by atoms with van der Waals surface area (Å²) in [5.74, 6) is 0. The molecule has 1 aromatic heterocycles. The Labute approximate surface area is 82.6 Å². The average molecular weight is 188 g/mol. The summed E-state index contributed by atoms with van der Waals surface area (Å²) in [6.45, 7) is 0.0775. The van der Waals surface area contributed by atoms with Crippen LogP contribution in [0.3, 0.4) is 0 Å². The normalized spacial score (nSPS) is 10.4. The molecule has 0 fully saturated rings. The van der Waals surface area contributed by atoms with Crippen molar-refractivity contribution in [2.24, 2.45) is 7.05 Å². The lowest BCUT2D eigenvalue weighted by Gasteiger charge is -1.99. The van der Waals surface area contributed by atoms with Crippen molar-refractivity contribution >= 4 is 0 Å². The first kappa shape index (κ1) is 8.97. The van der Waals surface area contributed by atoms with E-state index in [1.165, 1.54) is 0 Å². The summed E-state index contributed by atoms with van der Waals surface area (Å²) in [6.07, 6.45) is 3.77. The van der Waals surface area contributed by atoms with Crippen LogP contribution < -0.4 is 0 Å². The molecule has 0 bridgehead atoms. The highest BCUT2D eigenvalue weighted by atomic mass is 16.3. The minimum absolute atomic E-state index is 0.0775. The van der Waals surface area contributed by atoms with Gasteiger partial charge < -0.3 is 5.11 Å². The van der Waals surface area contributed by atoms with Gasteiger partial charge >= 0.3 is 0 Å². The number of hydrogen-bond acceptors (Lipinski definition) is 2. The zero-order valence-corrected chi connectivity index (χ0v) is 8.01. The van der Waals surface area contributed by atoms with Gasteiger partial charge in [-0.05, 0) is 17.2 Å². The first-order valence-electron chi connectivity index (χ1n) is 4.48.